The minimum atomic E-state index is -0.220. The van der Waals surface area contributed by atoms with E-state index >= 15 is 0 Å². The van der Waals surface area contributed by atoms with E-state index in [0.29, 0.717) is 19.0 Å². The Balaban J connectivity index is 0.00000225. The number of hydrogen-bond donors (Lipinski definition) is 1. The molecule has 138 valence electrons. The number of aryl methyl sites for hydroxylation is 3. The van der Waals surface area contributed by atoms with Crippen molar-refractivity contribution in [2.75, 3.05) is 31.1 Å². The third-order valence-corrected chi connectivity index (χ3v) is 5.06. The topological polar surface area (TPSA) is 52.7 Å². The van der Waals surface area contributed by atoms with Gasteiger partial charge in [-0.25, -0.2) is 0 Å². The lowest BCUT2D eigenvalue weighted by molar-refractivity contribution is -0.136. The molecule has 1 aromatic rings. The summed E-state index contributed by atoms with van der Waals surface area (Å²) in [7, 11) is 0. The van der Waals surface area contributed by atoms with Crippen molar-refractivity contribution < 1.29 is 9.59 Å². The molecular weight excluding hydrogens is 338 g/mol. The summed E-state index contributed by atoms with van der Waals surface area (Å²) in [5.41, 5.74) is 4.38. The number of nitrogens with zero attached hydrogens (tertiary/aromatic N) is 2. The standard InChI is InChI=1S/C19H27N3O2.ClH/c1-12-7-13(2)18(14(3)8-12)22-11-16(9-17(22)23)19(24)21-6-5-20-15(4)10-21;/h7-8,15-16,20H,5-6,9-11H2,1-4H3;1H. The monoisotopic (exact) mass is 365 g/mol. The largest absolute Gasteiger partial charge is 0.340 e. The van der Waals surface area contributed by atoms with Crippen molar-refractivity contribution in [1.29, 1.82) is 0 Å². The smallest absolute Gasteiger partial charge is 0.228 e. The Kier molecular flexibility index (Phi) is 6.12. The molecular formula is C19H28ClN3O2. The number of piperazine rings is 1. The maximum absolute atomic E-state index is 12.8. The maximum atomic E-state index is 12.8. The van der Waals surface area contributed by atoms with Gasteiger partial charge in [0.2, 0.25) is 11.8 Å². The van der Waals surface area contributed by atoms with E-state index in [0.717, 1.165) is 36.4 Å². The lowest BCUT2D eigenvalue weighted by Crippen LogP contribution is -2.53. The summed E-state index contributed by atoms with van der Waals surface area (Å²) in [5, 5.41) is 3.35. The van der Waals surface area contributed by atoms with Crippen LogP contribution in [-0.2, 0) is 9.59 Å². The van der Waals surface area contributed by atoms with Crippen LogP contribution in [0, 0.1) is 26.7 Å². The van der Waals surface area contributed by atoms with E-state index < -0.39 is 0 Å². The lowest BCUT2D eigenvalue weighted by atomic mass is 10.0. The Labute approximate surface area is 156 Å². The normalized spacial score (nSPS) is 23.6. The Hall–Kier alpha value is -1.59. The summed E-state index contributed by atoms with van der Waals surface area (Å²) in [4.78, 5) is 29.1. The molecule has 2 aliphatic rings. The Morgan fingerprint density at radius 1 is 1.16 bits per heavy atom. The number of benzene rings is 1. The summed E-state index contributed by atoms with van der Waals surface area (Å²) in [6.45, 7) is 11.0. The second kappa shape index (κ2) is 7.75. The molecule has 0 bridgehead atoms. The van der Waals surface area contributed by atoms with Crippen molar-refractivity contribution in [3.63, 3.8) is 0 Å². The average molecular weight is 366 g/mol. The number of hydrogen-bond acceptors (Lipinski definition) is 3. The summed E-state index contributed by atoms with van der Waals surface area (Å²) in [5.74, 6) is -0.0314. The van der Waals surface area contributed by atoms with E-state index in [-0.39, 0.29) is 30.1 Å². The quantitative estimate of drug-likeness (QED) is 0.874. The minimum absolute atomic E-state index is 0. The number of rotatable bonds is 2. The van der Waals surface area contributed by atoms with E-state index in [4.69, 9.17) is 0 Å². The van der Waals surface area contributed by atoms with Gasteiger partial charge < -0.3 is 15.1 Å². The van der Waals surface area contributed by atoms with Crippen molar-refractivity contribution in [2.24, 2.45) is 5.92 Å². The molecule has 2 unspecified atom stereocenters. The van der Waals surface area contributed by atoms with Crippen LogP contribution < -0.4 is 10.2 Å². The molecule has 1 aromatic carbocycles. The van der Waals surface area contributed by atoms with Crippen LogP contribution in [-0.4, -0.2) is 48.9 Å². The van der Waals surface area contributed by atoms with Crippen LogP contribution in [0.25, 0.3) is 0 Å². The fourth-order valence-corrected chi connectivity index (χ4v) is 4.08. The maximum Gasteiger partial charge on any atom is 0.228 e. The van der Waals surface area contributed by atoms with Crippen molar-refractivity contribution >= 4 is 29.9 Å². The molecule has 2 heterocycles. The molecule has 2 fully saturated rings. The highest BCUT2D eigenvalue weighted by Gasteiger charge is 2.38. The van der Waals surface area contributed by atoms with Crippen LogP contribution in [0.15, 0.2) is 12.1 Å². The molecule has 2 amide bonds. The molecule has 5 nitrogen and oxygen atoms in total. The van der Waals surface area contributed by atoms with Crippen LogP contribution in [0.4, 0.5) is 5.69 Å². The van der Waals surface area contributed by atoms with Crippen molar-refractivity contribution in [3.8, 4) is 0 Å². The summed E-state index contributed by atoms with van der Waals surface area (Å²) in [6, 6.07) is 4.52. The van der Waals surface area contributed by atoms with Gasteiger partial charge in [0.15, 0.2) is 0 Å². The van der Waals surface area contributed by atoms with Gasteiger partial charge >= 0.3 is 0 Å². The van der Waals surface area contributed by atoms with Crippen LogP contribution in [0.1, 0.15) is 30.0 Å². The highest BCUT2D eigenvalue weighted by atomic mass is 35.5. The first kappa shape index (κ1) is 19.7. The highest BCUT2D eigenvalue weighted by molar-refractivity contribution is 6.01. The number of carbonyl (C=O) groups is 2. The van der Waals surface area contributed by atoms with Crippen LogP contribution in [0.2, 0.25) is 0 Å². The molecule has 2 aliphatic heterocycles. The summed E-state index contributed by atoms with van der Waals surface area (Å²) in [6.07, 6.45) is 0.323. The number of halogens is 1. The van der Waals surface area contributed by atoms with E-state index in [9.17, 15) is 9.59 Å². The number of carbonyl (C=O) groups excluding carboxylic acids is 2. The van der Waals surface area contributed by atoms with Gasteiger partial charge in [-0.15, -0.1) is 12.4 Å². The Bertz CT molecular complexity index is 654. The summed E-state index contributed by atoms with van der Waals surface area (Å²) < 4.78 is 0. The average Bonchev–Trinajstić information content (AvgIpc) is 2.87. The minimum Gasteiger partial charge on any atom is -0.340 e. The van der Waals surface area contributed by atoms with Gasteiger partial charge in [-0.3, -0.25) is 9.59 Å². The van der Waals surface area contributed by atoms with E-state index in [1.54, 1.807) is 0 Å². The third kappa shape index (κ3) is 3.98. The van der Waals surface area contributed by atoms with Gasteiger partial charge in [-0.1, -0.05) is 17.7 Å². The zero-order valence-electron chi connectivity index (χ0n) is 15.5. The first-order valence-electron chi connectivity index (χ1n) is 8.77. The predicted molar refractivity (Wildman–Crippen MR) is 102 cm³/mol. The molecule has 0 spiro atoms. The molecule has 1 N–H and O–H groups in total. The van der Waals surface area contributed by atoms with Gasteiger partial charge in [0.25, 0.3) is 0 Å². The van der Waals surface area contributed by atoms with E-state index in [1.165, 1.54) is 5.56 Å². The van der Waals surface area contributed by atoms with Gasteiger partial charge in [0.1, 0.15) is 0 Å². The molecule has 6 heteroatoms. The molecule has 25 heavy (non-hydrogen) atoms. The fraction of sp³-hybridized carbons (Fsp3) is 0.579. The Morgan fingerprint density at radius 2 is 1.80 bits per heavy atom. The van der Waals surface area contributed by atoms with Gasteiger partial charge in [-0.05, 0) is 38.8 Å². The zero-order chi connectivity index (χ0) is 17.4. The SMILES string of the molecule is Cc1cc(C)c(N2CC(C(=O)N3CCNC(C)C3)CC2=O)c(C)c1.Cl. The molecule has 0 saturated carbocycles. The van der Waals surface area contributed by atoms with Crippen LogP contribution in [0.3, 0.4) is 0 Å². The molecule has 0 aromatic heterocycles. The molecule has 0 aliphatic carbocycles. The second-order valence-electron chi connectivity index (χ2n) is 7.29. The first-order chi connectivity index (χ1) is 11.4. The number of nitrogens with one attached hydrogen (secondary N) is 1. The van der Waals surface area contributed by atoms with E-state index in [1.807, 2.05) is 23.6 Å². The first-order valence-corrected chi connectivity index (χ1v) is 8.77. The number of amides is 2. The zero-order valence-corrected chi connectivity index (χ0v) is 16.3. The fourth-order valence-electron chi connectivity index (χ4n) is 4.08. The number of anilines is 1. The van der Waals surface area contributed by atoms with Crippen LogP contribution >= 0.6 is 12.4 Å². The van der Waals surface area contributed by atoms with Crippen molar-refractivity contribution in [3.05, 3.63) is 28.8 Å². The van der Waals surface area contributed by atoms with Gasteiger partial charge in [0.05, 0.1) is 5.92 Å². The summed E-state index contributed by atoms with van der Waals surface area (Å²) >= 11 is 0. The van der Waals surface area contributed by atoms with Gasteiger partial charge in [0, 0.05) is 44.3 Å². The molecule has 0 radical (unpaired) electrons. The molecule has 3 rings (SSSR count). The second-order valence-corrected chi connectivity index (χ2v) is 7.29. The van der Waals surface area contributed by atoms with E-state index in [2.05, 4.69) is 31.3 Å². The lowest BCUT2D eigenvalue weighted by Gasteiger charge is -2.33. The highest BCUT2D eigenvalue weighted by Crippen LogP contribution is 2.32. The van der Waals surface area contributed by atoms with Crippen molar-refractivity contribution in [1.82, 2.24) is 10.2 Å². The third-order valence-electron chi connectivity index (χ3n) is 5.06. The molecule has 2 saturated heterocycles. The predicted octanol–water partition coefficient (Wildman–Crippen LogP) is 2.21. The Morgan fingerprint density at radius 3 is 2.40 bits per heavy atom. The van der Waals surface area contributed by atoms with Crippen LogP contribution in [0.5, 0.6) is 0 Å². The van der Waals surface area contributed by atoms with Gasteiger partial charge in [-0.2, -0.15) is 0 Å². The molecule has 2 atom stereocenters. The van der Waals surface area contributed by atoms with Crippen molar-refractivity contribution in [2.45, 2.75) is 40.2 Å².